The molecule has 0 unspecified atom stereocenters. The first-order valence-corrected chi connectivity index (χ1v) is 8.60. The average Bonchev–Trinajstić information content (AvgIpc) is 2.77. The lowest BCUT2D eigenvalue weighted by molar-refractivity contribution is -0.0869. The Hall–Kier alpha value is -1.06. The number of rotatable bonds is 0. The van der Waals surface area contributed by atoms with Crippen molar-refractivity contribution in [3.05, 3.63) is 35.6 Å². The van der Waals surface area contributed by atoms with Crippen molar-refractivity contribution in [3.63, 3.8) is 0 Å². The third-order valence-electron chi connectivity index (χ3n) is 7.27. The van der Waals surface area contributed by atoms with Crippen LogP contribution in [0.3, 0.4) is 0 Å². The summed E-state index contributed by atoms with van der Waals surface area (Å²) >= 11 is 0. The zero-order valence-electron chi connectivity index (χ0n) is 13.5. The van der Waals surface area contributed by atoms with Gasteiger partial charge in [0.1, 0.15) is 0 Å². The zero-order chi connectivity index (χ0) is 15.7. The Morgan fingerprint density at radius 2 is 2.05 bits per heavy atom. The number of hydrogen-bond acceptors (Lipinski definition) is 3. The van der Waals surface area contributed by atoms with Crippen LogP contribution < -0.4 is 5.73 Å². The molecule has 0 saturated heterocycles. The van der Waals surface area contributed by atoms with E-state index in [4.69, 9.17) is 5.73 Å². The van der Waals surface area contributed by atoms with Gasteiger partial charge in [0.2, 0.25) is 0 Å². The summed E-state index contributed by atoms with van der Waals surface area (Å²) in [5, 5.41) is 21.2. The van der Waals surface area contributed by atoms with Gasteiger partial charge in [-0.2, -0.15) is 0 Å². The predicted octanol–water partition coefficient (Wildman–Crippen LogP) is 3.08. The highest BCUT2D eigenvalue weighted by atomic mass is 16.3. The lowest BCUT2D eigenvalue weighted by Gasteiger charge is -2.57. The minimum absolute atomic E-state index is 0.0159. The van der Waals surface area contributed by atoms with E-state index in [2.05, 4.69) is 32.1 Å². The van der Waals surface area contributed by atoms with Crippen LogP contribution >= 0.6 is 0 Å². The van der Waals surface area contributed by atoms with Crippen LogP contribution in [-0.2, 0) is 0 Å². The Balaban J connectivity index is 1.74. The van der Waals surface area contributed by atoms with Gasteiger partial charge in [-0.25, -0.2) is 0 Å². The molecule has 3 nitrogen and oxygen atoms in total. The lowest BCUT2D eigenvalue weighted by Crippen LogP contribution is -2.54. The summed E-state index contributed by atoms with van der Waals surface area (Å²) in [6, 6.07) is -0.0159. The molecule has 120 valence electrons. The summed E-state index contributed by atoms with van der Waals surface area (Å²) in [6.07, 6.45) is 11.9. The van der Waals surface area contributed by atoms with E-state index in [1.54, 1.807) is 0 Å². The van der Waals surface area contributed by atoms with Gasteiger partial charge in [0.05, 0.1) is 11.9 Å². The Labute approximate surface area is 132 Å². The smallest absolute Gasteiger partial charge is 0.0944 e. The van der Waals surface area contributed by atoms with E-state index in [0.717, 1.165) is 25.7 Å². The standard InChI is InChI=1S/C19H27NO2/c1-18-7-5-12(20)9-11(18)10-15(21)17-13-3-4-16(22)19(13,2)8-6-14(17)18/h4-5,7,9,12-15,17,21-22H,3,6,8,10,20H2,1-2H3/t12-,13-,14-,15-,17-,18-,19-/m0/s1. The Morgan fingerprint density at radius 3 is 2.82 bits per heavy atom. The third-order valence-corrected chi connectivity index (χ3v) is 7.27. The number of aliphatic hydroxyl groups excluding tert-OH is 2. The van der Waals surface area contributed by atoms with E-state index in [9.17, 15) is 10.2 Å². The Morgan fingerprint density at radius 1 is 1.27 bits per heavy atom. The topological polar surface area (TPSA) is 66.5 Å². The molecule has 0 aromatic carbocycles. The molecule has 0 aliphatic heterocycles. The van der Waals surface area contributed by atoms with E-state index in [0.29, 0.717) is 17.6 Å². The fourth-order valence-electron chi connectivity index (χ4n) is 5.88. The molecule has 0 radical (unpaired) electrons. The van der Waals surface area contributed by atoms with Gasteiger partial charge < -0.3 is 15.9 Å². The maximum absolute atomic E-state index is 10.9. The summed E-state index contributed by atoms with van der Waals surface area (Å²) in [6.45, 7) is 4.50. The number of fused-ring (bicyclic) bond motifs is 5. The van der Waals surface area contributed by atoms with Crippen LogP contribution in [0.5, 0.6) is 0 Å². The number of aliphatic hydroxyl groups is 2. The minimum Gasteiger partial charge on any atom is -0.512 e. The molecule has 0 aromatic heterocycles. The molecule has 0 bridgehead atoms. The molecule has 4 N–H and O–H groups in total. The highest BCUT2D eigenvalue weighted by Gasteiger charge is 2.59. The Kier molecular flexibility index (Phi) is 2.96. The second-order valence-electron chi connectivity index (χ2n) is 8.25. The van der Waals surface area contributed by atoms with E-state index in [1.807, 2.05) is 6.08 Å². The van der Waals surface area contributed by atoms with Crippen LogP contribution in [0.15, 0.2) is 35.6 Å². The highest BCUT2D eigenvalue weighted by molar-refractivity contribution is 5.36. The molecule has 2 saturated carbocycles. The minimum atomic E-state index is -0.313. The number of hydrogen-bond donors (Lipinski definition) is 3. The molecular weight excluding hydrogens is 274 g/mol. The predicted molar refractivity (Wildman–Crippen MR) is 87.1 cm³/mol. The molecule has 7 atom stereocenters. The average molecular weight is 301 g/mol. The summed E-state index contributed by atoms with van der Waals surface area (Å²) < 4.78 is 0. The van der Waals surface area contributed by atoms with Crippen molar-refractivity contribution in [2.75, 3.05) is 0 Å². The maximum atomic E-state index is 10.9. The van der Waals surface area contributed by atoms with Crippen molar-refractivity contribution in [1.82, 2.24) is 0 Å². The molecule has 0 aromatic rings. The van der Waals surface area contributed by atoms with Gasteiger partial charge in [0.15, 0.2) is 0 Å². The van der Waals surface area contributed by atoms with Gasteiger partial charge in [-0.3, -0.25) is 0 Å². The first-order valence-electron chi connectivity index (χ1n) is 8.60. The quantitative estimate of drug-likeness (QED) is 0.602. The maximum Gasteiger partial charge on any atom is 0.0944 e. The molecule has 2 fully saturated rings. The van der Waals surface area contributed by atoms with E-state index in [-0.39, 0.29) is 28.9 Å². The molecule has 22 heavy (non-hydrogen) atoms. The molecule has 4 aliphatic carbocycles. The van der Waals surface area contributed by atoms with Gasteiger partial charge in [-0.15, -0.1) is 0 Å². The van der Waals surface area contributed by atoms with E-state index in [1.165, 1.54) is 5.57 Å². The van der Waals surface area contributed by atoms with Gasteiger partial charge >= 0.3 is 0 Å². The van der Waals surface area contributed by atoms with Gasteiger partial charge in [-0.1, -0.05) is 37.6 Å². The van der Waals surface area contributed by atoms with Gasteiger partial charge in [0.25, 0.3) is 0 Å². The second-order valence-corrected chi connectivity index (χ2v) is 8.25. The molecule has 0 spiro atoms. The fraction of sp³-hybridized carbons (Fsp3) is 0.684. The van der Waals surface area contributed by atoms with E-state index >= 15 is 0 Å². The molecule has 3 heteroatoms. The summed E-state index contributed by atoms with van der Waals surface area (Å²) in [7, 11) is 0. The zero-order valence-corrected chi connectivity index (χ0v) is 13.5. The van der Waals surface area contributed by atoms with Crippen LogP contribution in [0, 0.1) is 28.6 Å². The molecule has 4 aliphatic rings. The van der Waals surface area contributed by atoms with Gasteiger partial charge in [-0.05, 0) is 49.5 Å². The normalized spacial score (nSPS) is 53.2. The monoisotopic (exact) mass is 301 g/mol. The SMILES string of the molecule is C[C@]12C=C[C@H](N)C=C1C[C@H](O)[C@@H]1[C@@H]2CC[C@]2(C)C(O)=CC[C@@H]12. The fourth-order valence-corrected chi connectivity index (χ4v) is 5.88. The third kappa shape index (κ3) is 1.70. The highest BCUT2D eigenvalue weighted by Crippen LogP contribution is 2.64. The first kappa shape index (κ1) is 14.5. The van der Waals surface area contributed by atoms with Crippen LogP contribution in [0.2, 0.25) is 0 Å². The van der Waals surface area contributed by atoms with Crippen molar-refractivity contribution in [3.8, 4) is 0 Å². The van der Waals surface area contributed by atoms with Crippen molar-refractivity contribution in [1.29, 1.82) is 0 Å². The molecule has 0 amide bonds. The lowest BCUT2D eigenvalue weighted by atomic mass is 9.47. The van der Waals surface area contributed by atoms with Crippen LogP contribution in [0.25, 0.3) is 0 Å². The largest absolute Gasteiger partial charge is 0.512 e. The van der Waals surface area contributed by atoms with Crippen molar-refractivity contribution in [2.45, 2.75) is 51.7 Å². The van der Waals surface area contributed by atoms with Gasteiger partial charge in [0, 0.05) is 16.9 Å². The Bertz CT molecular complexity index is 592. The van der Waals surface area contributed by atoms with Crippen molar-refractivity contribution in [2.24, 2.45) is 34.3 Å². The summed E-state index contributed by atoms with van der Waals surface area (Å²) in [5.74, 6) is 1.63. The molecular formula is C19H27NO2. The summed E-state index contributed by atoms with van der Waals surface area (Å²) in [4.78, 5) is 0. The molecule has 0 heterocycles. The van der Waals surface area contributed by atoms with Crippen molar-refractivity contribution >= 4 is 0 Å². The summed E-state index contributed by atoms with van der Waals surface area (Å²) in [5.41, 5.74) is 7.26. The van der Waals surface area contributed by atoms with E-state index < -0.39 is 0 Å². The van der Waals surface area contributed by atoms with Crippen molar-refractivity contribution < 1.29 is 10.2 Å². The first-order chi connectivity index (χ1) is 10.4. The van der Waals surface area contributed by atoms with Crippen LogP contribution in [0.4, 0.5) is 0 Å². The molecule has 4 rings (SSSR count). The van der Waals surface area contributed by atoms with Crippen LogP contribution in [0.1, 0.15) is 39.5 Å². The van der Waals surface area contributed by atoms with Crippen LogP contribution in [-0.4, -0.2) is 22.4 Å². The number of allylic oxidation sites excluding steroid dienone is 3. The number of nitrogens with two attached hydrogens (primary N) is 1. The second kappa shape index (κ2) is 4.48.